The quantitative estimate of drug-likeness (QED) is 0.242. The van der Waals surface area contributed by atoms with Crippen molar-refractivity contribution in [2.75, 3.05) is 14.0 Å². The Bertz CT molecular complexity index is 1540. The Balaban J connectivity index is 0.000000707. The molecular weight excluding hydrogens is 533 g/mol. The number of ketones is 2. The third kappa shape index (κ3) is 4.31. The first kappa shape index (κ1) is 21.9. The normalized spacial score (nSPS) is 33.2. The molecule has 0 aliphatic heterocycles. The molecule has 4 rings (SSSR count). The summed E-state index contributed by atoms with van der Waals surface area (Å²) in [6.45, 7) is -5.89. The number of carboxylic acid groups (broad SMARTS) is 1. The van der Waals surface area contributed by atoms with Gasteiger partial charge in [-0.2, -0.15) is 13.2 Å². The zero-order chi connectivity index (χ0) is 35.0. The number of aliphatic hydroxyl groups excluding tert-OH is 2. The third-order valence-corrected chi connectivity index (χ3v) is 6.98. The van der Waals surface area contributed by atoms with Gasteiger partial charge in [0.15, 0.2) is 11.4 Å². The van der Waals surface area contributed by atoms with E-state index in [2.05, 4.69) is 0 Å². The number of carboxylic acids is 1. The number of likely N-dealkylation sites (N-methyl/N-ethyl adjacent to an activating group) is 1. The molecule has 0 bridgehead atoms. The average Bonchev–Trinajstić information content (AvgIpc) is 2.84. The number of fused-ring (bicyclic) bond motifs is 3. The van der Waals surface area contributed by atoms with E-state index in [9.17, 15) is 53.1 Å². The lowest BCUT2D eigenvalue weighted by Crippen LogP contribution is -2.67. The smallest absolute Gasteiger partial charge is 0.490 e. The van der Waals surface area contributed by atoms with Gasteiger partial charge in [-0.05, 0) is 38.9 Å². The number of aliphatic hydroxyl groups is 4. The van der Waals surface area contributed by atoms with Crippen LogP contribution >= 0.6 is 0 Å². The van der Waals surface area contributed by atoms with Crippen molar-refractivity contribution in [3.63, 3.8) is 0 Å². The van der Waals surface area contributed by atoms with E-state index in [4.69, 9.17) is 23.9 Å². The van der Waals surface area contributed by atoms with Gasteiger partial charge in [0, 0.05) is 25.6 Å². The fraction of sp³-hybridized carbons (Fsp3) is 0.417. The van der Waals surface area contributed by atoms with Gasteiger partial charge < -0.3 is 36.4 Å². The Morgan fingerprint density at radius 2 is 1.72 bits per heavy atom. The maximum absolute atomic E-state index is 13.9. The summed E-state index contributed by atoms with van der Waals surface area (Å²) in [7, 11) is 0. The first-order valence-electron chi connectivity index (χ1n) is 13.8. The van der Waals surface area contributed by atoms with Gasteiger partial charge in [-0.25, -0.2) is 4.79 Å². The van der Waals surface area contributed by atoms with E-state index in [0.29, 0.717) is 0 Å². The minimum Gasteiger partial charge on any atom is -0.508 e. The topological polar surface area (TPSA) is 219 Å². The Labute approximate surface area is 226 Å². The van der Waals surface area contributed by atoms with Crippen LogP contribution in [0.25, 0.3) is 5.76 Å². The number of phenolic OH excluding ortho intramolecular Hbond substituents is 1. The van der Waals surface area contributed by atoms with Gasteiger partial charge in [0.05, 0.1) is 17.2 Å². The van der Waals surface area contributed by atoms with E-state index in [0.717, 1.165) is 6.07 Å². The second-order valence-corrected chi connectivity index (χ2v) is 9.17. The molecule has 0 radical (unpaired) electrons. The van der Waals surface area contributed by atoms with Crippen molar-refractivity contribution in [2.45, 2.75) is 36.8 Å². The molecule has 0 saturated heterocycles. The predicted octanol–water partition coefficient (Wildman–Crippen LogP) is 0.262. The Kier molecular flexibility index (Phi) is 5.26. The van der Waals surface area contributed by atoms with Crippen molar-refractivity contribution in [3.8, 4) is 5.75 Å². The fourth-order valence-electron chi connectivity index (χ4n) is 5.20. The van der Waals surface area contributed by atoms with Gasteiger partial charge in [-0.1, -0.05) is 12.1 Å². The number of alkyl halides is 3. The first-order chi connectivity index (χ1) is 20.1. The summed E-state index contributed by atoms with van der Waals surface area (Å²) in [5.74, 6) is -14.0. The summed E-state index contributed by atoms with van der Waals surface area (Å²) in [6.07, 6.45) is -5.81. The molecule has 0 spiro atoms. The highest BCUT2D eigenvalue weighted by Gasteiger charge is 2.66. The second kappa shape index (κ2) is 9.36. The Morgan fingerprint density at radius 3 is 2.21 bits per heavy atom. The molecule has 39 heavy (non-hydrogen) atoms. The molecule has 8 N–H and O–H groups in total. The largest absolute Gasteiger partial charge is 0.508 e. The van der Waals surface area contributed by atoms with Gasteiger partial charge in [0.25, 0.3) is 5.91 Å². The molecular formula is C24H25F3N2O10. The van der Waals surface area contributed by atoms with E-state index < -0.39 is 107 Å². The van der Waals surface area contributed by atoms with Crippen LogP contribution in [0.4, 0.5) is 13.2 Å². The van der Waals surface area contributed by atoms with Gasteiger partial charge in [-0.3, -0.25) is 19.3 Å². The zero-order valence-electron chi connectivity index (χ0n) is 25.6. The number of halogens is 3. The number of hydrogen-bond donors (Lipinski definition) is 7. The summed E-state index contributed by atoms with van der Waals surface area (Å²) in [5, 5.41) is 62.5. The van der Waals surface area contributed by atoms with Crippen LogP contribution in [0, 0.1) is 11.8 Å². The van der Waals surface area contributed by atoms with E-state index in [1.54, 1.807) is 0 Å². The molecule has 1 aromatic rings. The Hall–Kier alpha value is -3.95. The average molecular weight is 564 g/mol. The maximum Gasteiger partial charge on any atom is 0.490 e. The second-order valence-electron chi connectivity index (χ2n) is 9.17. The van der Waals surface area contributed by atoms with Gasteiger partial charge in [0.1, 0.15) is 22.8 Å². The number of Topliss-reactive ketones (excluding diaryl/α,β-unsaturated/α-hetero) is 2. The number of phenols is 1. The number of aromatic hydroxyl groups is 1. The number of nitrogens with zero attached hydrogens (tertiary/aromatic N) is 1. The first-order valence-corrected chi connectivity index (χ1v) is 10.8. The molecule has 0 heterocycles. The molecule has 1 saturated carbocycles. The van der Waals surface area contributed by atoms with Crippen LogP contribution < -0.4 is 5.73 Å². The van der Waals surface area contributed by atoms with Crippen LogP contribution in [0.15, 0.2) is 35.1 Å². The molecule has 15 heteroatoms. The lowest BCUT2D eigenvalue weighted by atomic mass is 9.54. The maximum atomic E-state index is 13.9. The number of nitrogens with two attached hydrogens (primary N) is 1. The van der Waals surface area contributed by atoms with Crippen LogP contribution in [0.1, 0.15) is 32.7 Å². The molecule has 1 aromatic carbocycles. The van der Waals surface area contributed by atoms with Crippen molar-refractivity contribution in [3.05, 3.63) is 46.2 Å². The van der Waals surface area contributed by atoms with Crippen molar-refractivity contribution < 1.29 is 71.2 Å². The number of benzene rings is 1. The molecule has 3 aliphatic rings. The van der Waals surface area contributed by atoms with Crippen LogP contribution in [-0.4, -0.2) is 90.8 Å². The summed E-state index contributed by atoms with van der Waals surface area (Å²) in [5.41, 5.74) is -2.68. The van der Waals surface area contributed by atoms with Crippen molar-refractivity contribution in [1.82, 2.24) is 4.90 Å². The third-order valence-electron chi connectivity index (χ3n) is 6.98. The van der Waals surface area contributed by atoms with Crippen LogP contribution in [0.5, 0.6) is 5.75 Å². The van der Waals surface area contributed by atoms with Gasteiger partial charge in [-0.15, -0.1) is 0 Å². The minimum atomic E-state index is -5.08. The highest BCUT2D eigenvalue weighted by Crippen LogP contribution is 2.57. The number of hydrogen-bond acceptors (Lipinski definition) is 10. The van der Waals surface area contributed by atoms with Crippen LogP contribution in [-0.2, 0) is 24.8 Å². The number of primary amides is 1. The Morgan fingerprint density at radius 1 is 1.15 bits per heavy atom. The van der Waals surface area contributed by atoms with Crippen LogP contribution in [0.3, 0.4) is 0 Å². The lowest BCUT2D eigenvalue weighted by Gasteiger charge is -2.53. The minimum absolute atomic E-state index is 0.0539. The lowest BCUT2D eigenvalue weighted by molar-refractivity contribution is -0.192. The number of amides is 1. The van der Waals surface area contributed by atoms with E-state index >= 15 is 0 Å². The molecule has 5 atom stereocenters. The van der Waals surface area contributed by atoms with Crippen molar-refractivity contribution in [2.24, 2.45) is 17.6 Å². The standard InChI is InChI=1S/C22H24N2O8.C2HF3O2/c1-21(31)8-5-4-6-11(25)12(8)16(26)13-9(21)7-10-15(24(2)3)17(27)14(20(23)30)19(29)22(10,32)18(13)28;3-2(4,5)1(6)7/h4-6,9-10,15,25-26,29,31-32H,7H2,1-3H3,(H2,23,30);(H,6,7)/t9-,10-,15-,21+,22-;/m0./s1/i2D3,3D3;. The zero-order valence-corrected chi connectivity index (χ0v) is 19.6. The fourth-order valence-corrected chi connectivity index (χ4v) is 5.20. The molecule has 1 amide bonds. The summed E-state index contributed by atoms with van der Waals surface area (Å²) < 4.78 is 78.5. The highest BCUT2D eigenvalue weighted by atomic mass is 19.4. The molecule has 1 fully saturated rings. The molecule has 0 aromatic heterocycles. The van der Waals surface area contributed by atoms with Crippen LogP contribution in [0.2, 0.25) is 0 Å². The van der Waals surface area contributed by atoms with E-state index in [1.165, 1.54) is 19.1 Å². The molecule has 212 valence electrons. The molecule has 3 aliphatic carbocycles. The SMILES string of the molecule is O=C(O)C(F)(F)F.[2H]C([2H])([2H])N([C@@H]1C(=O)C(C(N)=O)=C(O)[C@@]2(O)C(=O)C3=C(O)c4c(O)cccc4[C@@](C)(O)[C@H]3C[C@@H]12)C([2H])([2H])[2H]. The highest BCUT2D eigenvalue weighted by molar-refractivity contribution is 6.24. The van der Waals surface area contributed by atoms with Crippen molar-refractivity contribution in [1.29, 1.82) is 0 Å². The number of carbonyl (C=O) groups excluding carboxylic acids is 3. The molecule has 0 unspecified atom stereocenters. The van der Waals surface area contributed by atoms with E-state index in [-0.39, 0.29) is 16.0 Å². The summed E-state index contributed by atoms with van der Waals surface area (Å²) in [4.78, 5) is 48.1. The number of carbonyl (C=O) groups is 4. The summed E-state index contributed by atoms with van der Waals surface area (Å²) in [6, 6.07) is 1.40. The number of aliphatic carboxylic acids is 1. The summed E-state index contributed by atoms with van der Waals surface area (Å²) >= 11 is 0. The van der Waals surface area contributed by atoms with Gasteiger partial charge in [0.2, 0.25) is 5.78 Å². The van der Waals surface area contributed by atoms with Crippen molar-refractivity contribution >= 4 is 29.2 Å². The monoisotopic (exact) mass is 564 g/mol. The number of rotatable bonds is 2. The molecule has 12 nitrogen and oxygen atoms in total. The van der Waals surface area contributed by atoms with Gasteiger partial charge >= 0.3 is 12.1 Å². The predicted molar refractivity (Wildman–Crippen MR) is 124 cm³/mol. The van der Waals surface area contributed by atoms with E-state index in [1.807, 2.05) is 0 Å².